The van der Waals surface area contributed by atoms with E-state index in [4.69, 9.17) is 16.0 Å². The largest absolute Gasteiger partial charge is 0.467 e. The zero-order chi connectivity index (χ0) is 14.1. The second-order valence-corrected chi connectivity index (χ2v) is 5.59. The van der Waals surface area contributed by atoms with Gasteiger partial charge in [-0.3, -0.25) is 4.79 Å². The van der Waals surface area contributed by atoms with Crippen molar-refractivity contribution in [3.05, 3.63) is 45.7 Å². The molecule has 1 N–H and O–H groups in total. The minimum atomic E-state index is -0.178. The van der Waals surface area contributed by atoms with E-state index in [0.29, 0.717) is 23.2 Å². The van der Waals surface area contributed by atoms with Gasteiger partial charge in [0.1, 0.15) is 11.4 Å². The molecule has 0 radical (unpaired) electrons. The maximum Gasteiger partial charge on any atom is 0.291 e. The van der Waals surface area contributed by atoms with Gasteiger partial charge in [-0.1, -0.05) is 11.6 Å². The summed E-state index contributed by atoms with van der Waals surface area (Å²) in [6.07, 6.45) is 5.46. The number of halogens is 1. The summed E-state index contributed by atoms with van der Waals surface area (Å²) < 4.78 is 6.81. The molecule has 0 amide bonds. The fourth-order valence-corrected chi connectivity index (χ4v) is 2.28. The van der Waals surface area contributed by atoms with Crippen molar-refractivity contribution >= 4 is 17.3 Å². The van der Waals surface area contributed by atoms with Gasteiger partial charge in [0.15, 0.2) is 0 Å². The Morgan fingerprint density at radius 2 is 2.40 bits per heavy atom. The Morgan fingerprint density at radius 3 is 3.05 bits per heavy atom. The van der Waals surface area contributed by atoms with Gasteiger partial charge in [-0.2, -0.15) is 5.10 Å². The van der Waals surface area contributed by atoms with Crippen molar-refractivity contribution in [3.63, 3.8) is 0 Å². The first-order valence-corrected chi connectivity index (χ1v) is 7.08. The molecule has 2 aromatic heterocycles. The van der Waals surface area contributed by atoms with E-state index >= 15 is 0 Å². The number of aromatic nitrogens is 2. The summed E-state index contributed by atoms with van der Waals surface area (Å²) in [6, 6.07) is 3.54. The maximum atomic E-state index is 12.4. The van der Waals surface area contributed by atoms with E-state index in [1.54, 1.807) is 6.26 Å². The summed E-state index contributed by atoms with van der Waals surface area (Å²) in [6.45, 7) is 2.58. The molecule has 1 fully saturated rings. The minimum absolute atomic E-state index is 0.132. The molecule has 1 aliphatic carbocycles. The first kappa shape index (κ1) is 13.2. The molecule has 106 valence electrons. The van der Waals surface area contributed by atoms with E-state index in [0.717, 1.165) is 5.76 Å². The quantitative estimate of drug-likeness (QED) is 0.920. The molecule has 2 heterocycles. The lowest BCUT2D eigenvalue weighted by Gasteiger charge is -2.14. The van der Waals surface area contributed by atoms with Crippen LogP contribution in [-0.2, 0) is 6.54 Å². The molecular formula is C14H16ClN3O2. The molecule has 3 rings (SSSR count). The van der Waals surface area contributed by atoms with Crippen LogP contribution in [0.2, 0.25) is 5.02 Å². The number of nitrogens with zero attached hydrogens (tertiary/aromatic N) is 2. The molecule has 1 aliphatic rings. The zero-order valence-electron chi connectivity index (χ0n) is 11.2. The van der Waals surface area contributed by atoms with E-state index < -0.39 is 0 Å². The molecule has 0 spiro atoms. The lowest BCUT2D eigenvalue weighted by Crippen LogP contribution is -2.27. The van der Waals surface area contributed by atoms with Crippen LogP contribution in [0.4, 0.5) is 5.69 Å². The smallest absolute Gasteiger partial charge is 0.291 e. The summed E-state index contributed by atoms with van der Waals surface area (Å²) in [5, 5.41) is 7.55. The van der Waals surface area contributed by atoms with E-state index in [2.05, 4.69) is 10.4 Å². The Balaban J connectivity index is 1.85. The molecule has 0 aliphatic heterocycles. The van der Waals surface area contributed by atoms with Crippen molar-refractivity contribution in [1.29, 1.82) is 0 Å². The van der Waals surface area contributed by atoms with Gasteiger partial charge in [0, 0.05) is 6.54 Å². The number of nitrogens with one attached hydrogen (secondary N) is 1. The van der Waals surface area contributed by atoms with Gasteiger partial charge >= 0.3 is 0 Å². The van der Waals surface area contributed by atoms with E-state index in [1.165, 1.54) is 23.7 Å². The van der Waals surface area contributed by atoms with Crippen LogP contribution in [0.25, 0.3) is 0 Å². The fraction of sp³-hybridized carbons (Fsp3) is 0.429. The van der Waals surface area contributed by atoms with Gasteiger partial charge in [-0.25, -0.2) is 4.68 Å². The number of rotatable bonds is 5. The summed E-state index contributed by atoms with van der Waals surface area (Å²) in [4.78, 5) is 12.4. The van der Waals surface area contributed by atoms with Crippen molar-refractivity contribution in [2.24, 2.45) is 5.92 Å². The highest BCUT2D eigenvalue weighted by atomic mass is 35.5. The van der Waals surface area contributed by atoms with Crippen LogP contribution in [0, 0.1) is 5.92 Å². The van der Waals surface area contributed by atoms with Crippen molar-refractivity contribution in [1.82, 2.24) is 9.78 Å². The predicted molar refractivity (Wildman–Crippen MR) is 77.0 cm³/mol. The van der Waals surface area contributed by atoms with Crippen LogP contribution < -0.4 is 10.9 Å². The number of furan rings is 1. The van der Waals surface area contributed by atoms with E-state index in [1.807, 2.05) is 19.1 Å². The highest BCUT2D eigenvalue weighted by Crippen LogP contribution is 2.30. The molecule has 5 nitrogen and oxygen atoms in total. The molecule has 1 atom stereocenters. The maximum absolute atomic E-state index is 12.4. The third-order valence-corrected chi connectivity index (χ3v) is 3.74. The standard InChI is InChI=1S/C14H16ClN3O2/c1-9(12-3-2-6-20-12)17-13-11(15)7-16-18(14(13)19)8-10-4-5-10/h2-3,6-7,9-10,17H,4-5,8H2,1H3. The van der Waals surface area contributed by atoms with Crippen molar-refractivity contribution in [2.45, 2.75) is 32.4 Å². The monoisotopic (exact) mass is 293 g/mol. The summed E-state index contributed by atoms with van der Waals surface area (Å²) in [5.74, 6) is 1.34. The zero-order valence-corrected chi connectivity index (χ0v) is 11.9. The summed E-state index contributed by atoms with van der Waals surface area (Å²) in [7, 11) is 0. The van der Waals surface area contributed by atoms with Gasteiger partial charge in [-0.15, -0.1) is 0 Å². The second kappa shape index (κ2) is 5.32. The molecule has 2 aromatic rings. The average molecular weight is 294 g/mol. The summed E-state index contributed by atoms with van der Waals surface area (Å²) in [5.41, 5.74) is 0.203. The Bertz CT molecular complexity index is 647. The molecule has 0 saturated heterocycles. The number of hydrogen-bond acceptors (Lipinski definition) is 4. The van der Waals surface area contributed by atoms with Crippen LogP contribution in [-0.4, -0.2) is 9.78 Å². The van der Waals surface area contributed by atoms with Gasteiger partial charge in [0.25, 0.3) is 5.56 Å². The van der Waals surface area contributed by atoms with Gasteiger partial charge in [0.05, 0.1) is 23.5 Å². The summed E-state index contributed by atoms with van der Waals surface area (Å²) >= 11 is 6.09. The normalized spacial score (nSPS) is 16.1. The Hall–Kier alpha value is -1.75. The number of hydrogen-bond donors (Lipinski definition) is 1. The van der Waals surface area contributed by atoms with Gasteiger partial charge in [0.2, 0.25) is 0 Å². The van der Waals surface area contributed by atoms with E-state index in [-0.39, 0.29) is 11.6 Å². The second-order valence-electron chi connectivity index (χ2n) is 5.18. The van der Waals surface area contributed by atoms with Crippen LogP contribution >= 0.6 is 11.6 Å². The molecule has 0 aromatic carbocycles. The fourth-order valence-electron chi connectivity index (χ4n) is 2.10. The molecular weight excluding hydrogens is 278 g/mol. The van der Waals surface area contributed by atoms with Crippen LogP contribution in [0.1, 0.15) is 31.6 Å². The van der Waals surface area contributed by atoms with Crippen molar-refractivity contribution in [3.8, 4) is 0 Å². The molecule has 1 unspecified atom stereocenters. The predicted octanol–water partition coefficient (Wildman–Crippen LogP) is 3.07. The Labute approximate surface area is 121 Å². The van der Waals surface area contributed by atoms with Gasteiger partial charge in [-0.05, 0) is 37.8 Å². The lowest BCUT2D eigenvalue weighted by molar-refractivity contribution is 0.489. The third-order valence-electron chi connectivity index (χ3n) is 3.46. The number of anilines is 1. The first-order valence-electron chi connectivity index (χ1n) is 6.70. The SMILES string of the molecule is CC(Nc1c(Cl)cnn(CC2CC2)c1=O)c1ccco1. The van der Waals surface area contributed by atoms with Crippen molar-refractivity contribution in [2.75, 3.05) is 5.32 Å². The third kappa shape index (κ3) is 2.72. The minimum Gasteiger partial charge on any atom is -0.467 e. The Morgan fingerprint density at radius 1 is 1.60 bits per heavy atom. The first-order chi connectivity index (χ1) is 9.65. The van der Waals surface area contributed by atoms with E-state index in [9.17, 15) is 4.79 Å². The molecule has 20 heavy (non-hydrogen) atoms. The Kier molecular flexibility index (Phi) is 3.53. The lowest BCUT2D eigenvalue weighted by atomic mass is 10.2. The van der Waals surface area contributed by atoms with Crippen LogP contribution in [0.5, 0.6) is 0 Å². The molecule has 0 bridgehead atoms. The van der Waals surface area contributed by atoms with Crippen LogP contribution in [0.3, 0.4) is 0 Å². The average Bonchev–Trinajstić information content (AvgIpc) is 3.07. The highest BCUT2D eigenvalue weighted by molar-refractivity contribution is 6.33. The van der Waals surface area contributed by atoms with Crippen molar-refractivity contribution < 1.29 is 4.42 Å². The highest BCUT2D eigenvalue weighted by Gasteiger charge is 2.24. The molecule has 1 saturated carbocycles. The molecule has 6 heteroatoms. The van der Waals surface area contributed by atoms with Gasteiger partial charge < -0.3 is 9.73 Å². The topological polar surface area (TPSA) is 60.1 Å². The van der Waals surface area contributed by atoms with Crippen LogP contribution in [0.15, 0.2) is 33.8 Å².